The molecule has 5 heteroatoms. The van der Waals surface area contributed by atoms with E-state index in [0.29, 0.717) is 5.92 Å². The van der Waals surface area contributed by atoms with Crippen molar-refractivity contribution in [3.05, 3.63) is 45.1 Å². The largest absolute Gasteiger partial charge is 0.139 e. The summed E-state index contributed by atoms with van der Waals surface area (Å²) in [5.41, 5.74) is 3.21. The van der Waals surface area contributed by atoms with Gasteiger partial charge in [0.2, 0.25) is 0 Å². The number of rotatable bonds is 7. The molecule has 0 nitrogen and oxygen atoms in total. The smallest absolute Gasteiger partial charge is 0.0639 e. The van der Waals surface area contributed by atoms with Gasteiger partial charge in [-0.25, -0.2) is 0 Å². The van der Waals surface area contributed by atoms with Crippen LogP contribution in [0, 0.1) is 13.8 Å². The molecule has 0 aliphatic heterocycles. The Bertz CT molecular complexity index is 1420. The summed E-state index contributed by atoms with van der Waals surface area (Å²) < 4.78 is 6.01. The van der Waals surface area contributed by atoms with Gasteiger partial charge in [0.15, 0.2) is 0 Å². The second-order valence-electron chi connectivity index (χ2n) is 9.65. The number of hydrogen-bond donors (Lipinski definition) is 0. The maximum absolute atomic E-state index is 2.38. The third kappa shape index (κ3) is 3.88. The average molecular weight is 529 g/mol. The van der Waals surface area contributed by atoms with E-state index in [2.05, 4.69) is 72.7 Å². The Balaban J connectivity index is 1.58. The average Bonchev–Trinajstić information content (AvgIpc) is 3.59. The summed E-state index contributed by atoms with van der Waals surface area (Å²) in [6.45, 7) is 16.3. The van der Waals surface area contributed by atoms with Crippen LogP contribution < -0.4 is 0 Å². The Morgan fingerprint density at radius 1 is 0.667 bits per heavy atom. The molecule has 0 N–H and O–H groups in total. The highest BCUT2D eigenvalue weighted by Gasteiger charge is 2.24. The molecule has 33 heavy (non-hydrogen) atoms. The van der Waals surface area contributed by atoms with Gasteiger partial charge < -0.3 is 0 Å². The third-order valence-corrected chi connectivity index (χ3v) is 14.7. The van der Waals surface area contributed by atoms with Crippen LogP contribution in [0.15, 0.2) is 24.3 Å². The van der Waals surface area contributed by atoms with Crippen LogP contribution in [-0.4, -0.2) is 0 Å². The number of fused-ring (bicyclic) bond motifs is 3. The number of thiophene rings is 5. The molecule has 0 bridgehead atoms. The van der Waals surface area contributed by atoms with Crippen LogP contribution in [0.5, 0.6) is 0 Å². The SMILES string of the molecule is CCC(CC)c1ccc(-c2sc3c(sc4c(C)c(-c5ccc(C(C)(C)CC)s5)sc43)c2C)s1. The van der Waals surface area contributed by atoms with Gasteiger partial charge in [-0.3, -0.25) is 0 Å². The van der Waals surface area contributed by atoms with E-state index in [4.69, 9.17) is 0 Å². The molecule has 5 rings (SSSR count). The Morgan fingerprint density at radius 2 is 1.21 bits per heavy atom. The van der Waals surface area contributed by atoms with E-state index in [-0.39, 0.29) is 5.41 Å². The molecule has 0 saturated heterocycles. The van der Waals surface area contributed by atoms with Gasteiger partial charge in [0.25, 0.3) is 0 Å². The fraction of sp³-hybridized carbons (Fsp3) is 0.429. The van der Waals surface area contributed by atoms with Crippen LogP contribution in [0.1, 0.15) is 80.7 Å². The summed E-state index contributed by atoms with van der Waals surface area (Å²) in [6, 6.07) is 9.45. The third-order valence-electron chi connectivity index (χ3n) is 7.21. The predicted molar refractivity (Wildman–Crippen MR) is 158 cm³/mol. The Kier molecular flexibility index (Phi) is 6.41. The molecule has 0 spiro atoms. The molecular weight excluding hydrogens is 497 g/mol. The van der Waals surface area contributed by atoms with Crippen molar-refractivity contribution in [2.45, 2.75) is 79.1 Å². The molecule has 0 aliphatic rings. The van der Waals surface area contributed by atoms with E-state index < -0.39 is 0 Å². The van der Waals surface area contributed by atoms with E-state index in [1.165, 1.54) is 73.6 Å². The van der Waals surface area contributed by atoms with Crippen molar-refractivity contribution >= 4 is 75.5 Å². The molecule has 0 aromatic carbocycles. The summed E-state index contributed by atoms with van der Waals surface area (Å²) >= 11 is 10.1. The van der Waals surface area contributed by atoms with Gasteiger partial charge in [0.1, 0.15) is 0 Å². The van der Waals surface area contributed by atoms with E-state index in [9.17, 15) is 0 Å². The van der Waals surface area contributed by atoms with Gasteiger partial charge in [-0.2, -0.15) is 0 Å². The van der Waals surface area contributed by atoms with Crippen LogP contribution in [0.25, 0.3) is 38.3 Å². The zero-order valence-electron chi connectivity index (χ0n) is 20.5. The molecule has 174 valence electrons. The summed E-state index contributed by atoms with van der Waals surface area (Å²) in [5.74, 6) is 0.702. The van der Waals surface area contributed by atoms with E-state index in [1.54, 1.807) is 4.88 Å². The van der Waals surface area contributed by atoms with Gasteiger partial charge in [-0.1, -0.05) is 34.6 Å². The highest BCUT2D eigenvalue weighted by Crippen LogP contribution is 2.53. The minimum absolute atomic E-state index is 0.257. The quantitative estimate of drug-likeness (QED) is 0.197. The standard InChI is InChI=1S/C28H32S5/c1-8-17(9-2)18-11-12-19(29-18)22-15(4)24-26(31-22)27-25(33-24)16(5)23(32-27)20-13-14-21(30-20)28(6,7)10-3/h11-14,17H,8-10H2,1-7H3. The van der Waals surface area contributed by atoms with Crippen molar-refractivity contribution in [2.75, 3.05) is 0 Å². The van der Waals surface area contributed by atoms with Crippen molar-refractivity contribution in [3.63, 3.8) is 0 Å². The lowest BCUT2D eigenvalue weighted by molar-refractivity contribution is 0.517. The maximum Gasteiger partial charge on any atom is 0.0639 e. The molecule has 0 radical (unpaired) electrons. The first-order valence-corrected chi connectivity index (χ1v) is 16.0. The topological polar surface area (TPSA) is 0 Å². The Hall–Kier alpha value is -0.980. The van der Waals surface area contributed by atoms with Crippen LogP contribution in [0.3, 0.4) is 0 Å². The van der Waals surface area contributed by atoms with Gasteiger partial charge in [-0.15, -0.1) is 56.7 Å². The summed E-state index contributed by atoms with van der Waals surface area (Å²) in [6.07, 6.45) is 3.63. The van der Waals surface area contributed by atoms with E-state index in [0.717, 1.165) is 0 Å². The van der Waals surface area contributed by atoms with Crippen molar-refractivity contribution in [3.8, 4) is 19.5 Å². The van der Waals surface area contributed by atoms with Gasteiger partial charge in [0.05, 0.1) is 18.8 Å². The maximum atomic E-state index is 2.38. The second-order valence-corrected chi connectivity index (χ2v) is 14.9. The first-order valence-electron chi connectivity index (χ1n) is 11.9. The number of hydrogen-bond acceptors (Lipinski definition) is 5. The lowest BCUT2D eigenvalue weighted by atomic mass is 9.89. The molecule has 0 amide bonds. The molecule has 5 aromatic rings. The van der Waals surface area contributed by atoms with Crippen molar-refractivity contribution in [2.24, 2.45) is 0 Å². The van der Waals surface area contributed by atoms with Crippen LogP contribution >= 0.6 is 56.7 Å². The highest BCUT2D eigenvalue weighted by molar-refractivity contribution is 7.41. The minimum Gasteiger partial charge on any atom is -0.139 e. The lowest BCUT2D eigenvalue weighted by Gasteiger charge is -2.20. The second kappa shape index (κ2) is 8.91. The van der Waals surface area contributed by atoms with Gasteiger partial charge in [-0.05, 0) is 79.8 Å². The molecule has 0 unspecified atom stereocenters. The molecule has 5 heterocycles. The zero-order chi connectivity index (χ0) is 23.5. The molecule has 0 saturated carbocycles. The van der Waals surface area contributed by atoms with Crippen molar-refractivity contribution in [1.82, 2.24) is 0 Å². The van der Waals surface area contributed by atoms with Crippen LogP contribution in [0.2, 0.25) is 0 Å². The van der Waals surface area contributed by atoms with E-state index >= 15 is 0 Å². The summed E-state index contributed by atoms with van der Waals surface area (Å²) in [4.78, 5) is 8.90. The molecular formula is C28H32S5. The van der Waals surface area contributed by atoms with E-state index in [1.807, 2.05) is 56.7 Å². The highest BCUT2D eigenvalue weighted by atomic mass is 32.1. The fourth-order valence-electron chi connectivity index (χ4n) is 4.50. The van der Waals surface area contributed by atoms with Crippen molar-refractivity contribution < 1.29 is 0 Å². The predicted octanol–water partition coefficient (Wildman–Crippen LogP) is 11.8. The molecule has 5 aromatic heterocycles. The first-order chi connectivity index (χ1) is 15.8. The molecule has 0 aliphatic carbocycles. The van der Waals surface area contributed by atoms with Crippen LogP contribution in [-0.2, 0) is 5.41 Å². The zero-order valence-corrected chi connectivity index (χ0v) is 24.6. The summed E-state index contributed by atoms with van der Waals surface area (Å²) in [5, 5.41) is 0. The van der Waals surface area contributed by atoms with Gasteiger partial charge in [0, 0.05) is 29.3 Å². The normalized spacial score (nSPS) is 12.7. The number of aryl methyl sites for hydroxylation is 2. The molecule has 0 fully saturated rings. The van der Waals surface area contributed by atoms with Crippen molar-refractivity contribution in [1.29, 1.82) is 0 Å². The van der Waals surface area contributed by atoms with Crippen LogP contribution in [0.4, 0.5) is 0 Å². The fourth-order valence-corrected chi connectivity index (χ4v) is 11.7. The summed E-state index contributed by atoms with van der Waals surface area (Å²) in [7, 11) is 0. The Labute approximate surface area is 217 Å². The molecule has 0 atom stereocenters. The first kappa shape index (κ1) is 23.7. The Morgan fingerprint density at radius 3 is 1.76 bits per heavy atom. The lowest BCUT2D eigenvalue weighted by Crippen LogP contribution is -2.12. The minimum atomic E-state index is 0.257. The monoisotopic (exact) mass is 528 g/mol. The van der Waals surface area contributed by atoms with Gasteiger partial charge >= 0.3 is 0 Å².